The number of aliphatic hydroxyl groups is 1. The molecule has 0 aliphatic heterocycles. The van der Waals surface area contributed by atoms with Gasteiger partial charge in [0.25, 0.3) is 0 Å². The maximum atomic E-state index is 13.7. The summed E-state index contributed by atoms with van der Waals surface area (Å²) in [6.07, 6.45) is 4.95. The lowest BCUT2D eigenvalue weighted by Gasteiger charge is -2.20. The quantitative estimate of drug-likeness (QED) is 0.374. The summed E-state index contributed by atoms with van der Waals surface area (Å²) in [6, 6.07) is 14.0. The minimum Gasteiger partial charge on any atom is -0.497 e. The smallest absolute Gasteiger partial charge is 0.191 e. The molecule has 0 radical (unpaired) electrons. The van der Waals surface area contributed by atoms with Crippen LogP contribution in [0.25, 0.3) is 10.9 Å². The molecule has 0 spiro atoms. The predicted molar refractivity (Wildman–Crippen MR) is 119 cm³/mol. The summed E-state index contributed by atoms with van der Waals surface area (Å²) in [6.45, 7) is -0.145. The molecule has 2 heterocycles. The van der Waals surface area contributed by atoms with Crippen molar-refractivity contribution in [3.63, 3.8) is 0 Å². The number of benzene rings is 2. The monoisotopic (exact) mass is 417 g/mol. The number of ketones is 1. The van der Waals surface area contributed by atoms with Crippen LogP contribution in [0, 0.1) is 0 Å². The van der Waals surface area contributed by atoms with E-state index in [4.69, 9.17) is 9.47 Å². The SMILES string of the molecule is COc1cc(CO)cc(NC(C(=O)c2c[nH]c3ccccc23)c2cncc(OC)c2)c1. The van der Waals surface area contributed by atoms with Crippen LogP contribution in [-0.4, -0.2) is 35.1 Å². The molecule has 2 aromatic carbocycles. The first-order chi connectivity index (χ1) is 15.1. The van der Waals surface area contributed by atoms with Crippen molar-refractivity contribution in [2.45, 2.75) is 12.6 Å². The summed E-state index contributed by atoms with van der Waals surface area (Å²) in [5.41, 5.74) is 3.43. The van der Waals surface area contributed by atoms with Crippen LogP contribution in [0.5, 0.6) is 11.5 Å². The van der Waals surface area contributed by atoms with E-state index < -0.39 is 6.04 Å². The van der Waals surface area contributed by atoms with Crippen LogP contribution in [-0.2, 0) is 6.61 Å². The highest BCUT2D eigenvalue weighted by Gasteiger charge is 2.25. The average Bonchev–Trinajstić information content (AvgIpc) is 3.26. The normalized spacial score (nSPS) is 11.8. The second-order valence-electron chi connectivity index (χ2n) is 7.08. The number of H-pyrrole nitrogens is 1. The Kier molecular flexibility index (Phi) is 5.86. The lowest BCUT2D eigenvalue weighted by Crippen LogP contribution is -2.21. The Morgan fingerprint density at radius 1 is 1.10 bits per heavy atom. The number of Topliss-reactive ketones (excluding diaryl/α,β-unsaturated/α-hetero) is 1. The highest BCUT2D eigenvalue weighted by molar-refractivity contribution is 6.11. The van der Waals surface area contributed by atoms with Gasteiger partial charge < -0.3 is 24.9 Å². The molecule has 1 atom stereocenters. The van der Waals surface area contributed by atoms with Crippen molar-refractivity contribution in [2.75, 3.05) is 19.5 Å². The minimum atomic E-state index is -0.736. The molecule has 2 aromatic heterocycles. The number of anilines is 1. The first-order valence-electron chi connectivity index (χ1n) is 9.77. The van der Waals surface area contributed by atoms with Crippen molar-refractivity contribution in [1.29, 1.82) is 0 Å². The Bertz CT molecular complexity index is 1200. The first kappa shape index (κ1) is 20.4. The Morgan fingerprint density at radius 2 is 1.90 bits per heavy atom. The van der Waals surface area contributed by atoms with E-state index in [-0.39, 0.29) is 12.4 Å². The third kappa shape index (κ3) is 4.22. The zero-order valence-corrected chi connectivity index (χ0v) is 17.3. The highest BCUT2D eigenvalue weighted by atomic mass is 16.5. The fraction of sp³-hybridized carbons (Fsp3) is 0.167. The molecule has 3 N–H and O–H groups in total. The van der Waals surface area contributed by atoms with E-state index in [1.165, 1.54) is 0 Å². The third-order valence-corrected chi connectivity index (χ3v) is 5.12. The summed E-state index contributed by atoms with van der Waals surface area (Å²) in [5.74, 6) is 1.01. The molecule has 0 amide bonds. The molecule has 1 unspecified atom stereocenters. The van der Waals surface area contributed by atoms with Crippen molar-refractivity contribution in [2.24, 2.45) is 0 Å². The summed E-state index contributed by atoms with van der Waals surface area (Å²) in [4.78, 5) is 21.1. The summed E-state index contributed by atoms with van der Waals surface area (Å²) in [5, 5.41) is 13.7. The van der Waals surface area contributed by atoms with Crippen molar-refractivity contribution in [1.82, 2.24) is 9.97 Å². The van der Waals surface area contributed by atoms with Crippen LogP contribution in [0.2, 0.25) is 0 Å². The van der Waals surface area contributed by atoms with Crippen molar-refractivity contribution in [3.05, 3.63) is 83.8 Å². The summed E-state index contributed by atoms with van der Waals surface area (Å²) < 4.78 is 10.6. The molecule has 158 valence electrons. The van der Waals surface area contributed by atoms with Gasteiger partial charge in [-0.3, -0.25) is 9.78 Å². The number of aromatic amines is 1. The number of aliphatic hydroxyl groups excluding tert-OH is 1. The maximum absolute atomic E-state index is 13.7. The summed E-state index contributed by atoms with van der Waals surface area (Å²) >= 11 is 0. The van der Waals surface area contributed by atoms with Crippen LogP contribution in [0.3, 0.4) is 0 Å². The van der Waals surface area contributed by atoms with Gasteiger partial charge in [-0.1, -0.05) is 18.2 Å². The number of nitrogens with zero attached hydrogens (tertiary/aromatic N) is 1. The van der Waals surface area contributed by atoms with Gasteiger partial charge in [-0.25, -0.2) is 0 Å². The number of hydrogen-bond donors (Lipinski definition) is 3. The molecule has 7 nitrogen and oxygen atoms in total. The highest BCUT2D eigenvalue weighted by Crippen LogP contribution is 2.30. The molecule has 0 bridgehead atoms. The topological polar surface area (TPSA) is 96.5 Å². The number of fused-ring (bicyclic) bond motifs is 1. The van der Waals surface area contributed by atoms with E-state index in [0.29, 0.717) is 33.9 Å². The van der Waals surface area contributed by atoms with E-state index in [2.05, 4.69) is 15.3 Å². The van der Waals surface area contributed by atoms with Crippen LogP contribution < -0.4 is 14.8 Å². The Hall–Kier alpha value is -3.84. The Labute approximate surface area is 179 Å². The molecule has 0 aliphatic rings. The van der Waals surface area contributed by atoms with Gasteiger partial charge >= 0.3 is 0 Å². The van der Waals surface area contributed by atoms with Crippen LogP contribution in [0.4, 0.5) is 5.69 Å². The predicted octanol–water partition coefficient (Wildman–Crippen LogP) is 4.11. The van der Waals surface area contributed by atoms with Crippen LogP contribution in [0.15, 0.2) is 67.1 Å². The molecular formula is C24H23N3O4. The number of para-hydroxylation sites is 1. The van der Waals surface area contributed by atoms with Gasteiger partial charge in [-0.2, -0.15) is 0 Å². The van der Waals surface area contributed by atoms with Gasteiger partial charge in [-0.05, 0) is 29.8 Å². The zero-order chi connectivity index (χ0) is 21.8. The van der Waals surface area contributed by atoms with Gasteiger partial charge in [0.1, 0.15) is 17.5 Å². The molecule has 4 rings (SSSR count). The molecule has 7 heteroatoms. The largest absolute Gasteiger partial charge is 0.497 e. The molecule has 0 aliphatic carbocycles. The van der Waals surface area contributed by atoms with Gasteiger partial charge in [0, 0.05) is 46.2 Å². The zero-order valence-electron chi connectivity index (χ0n) is 17.3. The second-order valence-corrected chi connectivity index (χ2v) is 7.08. The summed E-state index contributed by atoms with van der Waals surface area (Å²) in [7, 11) is 3.11. The van der Waals surface area contributed by atoms with E-state index in [0.717, 1.165) is 10.9 Å². The molecule has 31 heavy (non-hydrogen) atoms. The number of ether oxygens (including phenoxy) is 2. The Balaban J connectivity index is 1.79. The number of nitrogens with one attached hydrogen (secondary N) is 2. The van der Waals surface area contributed by atoms with Crippen molar-refractivity contribution in [3.8, 4) is 11.5 Å². The molecule has 0 saturated carbocycles. The number of rotatable bonds is 8. The third-order valence-electron chi connectivity index (χ3n) is 5.12. The molecule has 0 saturated heterocycles. The lowest BCUT2D eigenvalue weighted by atomic mass is 9.97. The fourth-order valence-corrected chi connectivity index (χ4v) is 3.56. The van der Waals surface area contributed by atoms with Gasteiger partial charge in [-0.15, -0.1) is 0 Å². The molecule has 0 fully saturated rings. The molecule has 4 aromatic rings. The van der Waals surface area contributed by atoms with E-state index >= 15 is 0 Å². The van der Waals surface area contributed by atoms with Crippen molar-refractivity contribution >= 4 is 22.4 Å². The fourth-order valence-electron chi connectivity index (χ4n) is 3.56. The first-order valence-corrected chi connectivity index (χ1v) is 9.77. The maximum Gasteiger partial charge on any atom is 0.191 e. The standard InChI is InChI=1S/C24H23N3O4/c1-30-18-8-15(14-28)7-17(10-18)27-23(16-9-19(31-2)12-25-11-16)24(29)21-13-26-22-6-4-3-5-20(21)22/h3-13,23,26-28H,14H2,1-2H3. The number of methoxy groups -OCH3 is 2. The van der Waals surface area contributed by atoms with E-state index in [1.54, 1.807) is 57.1 Å². The number of aromatic nitrogens is 2. The number of hydrogen-bond acceptors (Lipinski definition) is 6. The minimum absolute atomic E-state index is 0.124. The van der Waals surface area contributed by atoms with Gasteiger partial charge in [0.05, 0.1) is 27.0 Å². The number of pyridine rings is 1. The van der Waals surface area contributed by atoms with Gasteiger partial charge in [0.2, 0.25) is 0 Å². The lowest BCUT2D eigenvalue weighted by molar-refractivity contribution is 0.0971. The Morgan fingerprint density at radius 3 is 2.68 bits per heavy atom. The second kappa shape index (κ2) is 8.89. The van der Waals surface area contributed by atoms with Crippen molar-refractivity contribution < 1.29 is 19.4 Å². The van der Waals surface area contributed by atoms with Crippen LogP contribution in [0.1, 0.15) is 27.5 Å². The number of carbonyl (C=O) groups is 1. The van der Waals surface area contributed by atoms with E-state index in [9.17, 15) is 9.90 Å². The number of carbonyl (C=O) groups excluding carboxylic acids is 1. The van der Waals surface area contributed by atoms with E-state index in [1.807, 2.05) is 24.3 Å². The van der Waals surface area contributed by atoms with Gasteiger partial charge in [0.15, 0.2) is 5.78 Å². The molecular weight excluding hydrogens is 394 g/mol. The van der Waals surface area contributed by atoms with Crippen LogP contribution >= 0.6 is 0 Å². The average molecular weight is 417 g/mol.